The van der Waals surface area contributed by atoms with E-state index in [0.29, 0.717) is 19.1 Å². The Kier molecular flexibility index (Phi) is 4.24. The van der Waals surface area contributed by atoms with Crippen LogP contribution in [0.25, 0.3) is 0 Å². The second-order valence-corrected chi connectivity index (χ2v) is 7.14. The Morgan fingerprint density at radius 3 is 2.33 bits per heavy atom. The zero-order valence-electron chi connectivity index (χ0n) is 10.3. The van der Waals surface area contributed by atoms with E-state index in [1.165, 1.54) is 17.1 Å². The smallest absolute Gasteiger partial charge is 0.320 e. The maximum Gasteiger partial charge on any atom is 0.320 e. The third kappa shape index (κ3) is 3.93. The minimum absolute atomic E-state index is 0.377. The molecular weight excluding hydrogens is 256 g/mol. The Morgan fingerprint density at radius 1 is 1.22 bits per heavy atom. The number of hydrogen-bond acceptors (Lipinski definition) is 4. The van der Waals surface area contributed by atoms with Gasteiger partial charge in [-0.1, -0.05) is 0 Å². The van der Waals surface area contributed by atoms with Crippen molar-refractivity contribution in [1.29, 1.82) is 0 Å². The van der Waals surface area contributed by atoms with E-state index in [1.54, 1.807) is 0 Å². The molecule has 0 aromatic carbocycles. The number of nitrogens with one attached hydrogen (secondary N) is 1. The first-order valence-corrected chi connectivity index (χ1v) is 8.01. The summed E-state index contributed by atoms with van der Waals surface area (Å²) < 4.78 is 24.7. The number of carboxylic acid groups (broad SMARTS) is 1. The topological polar surface area (TPSA) is 86.7 Å². The van der Waals surface area contributed by atoms with Gasteiger partial charge in [0.25, 0.3) is 0 Å². The van der Waals surface area contributed by atoms with Crippen LogP contribution in [-0.4, -0.2) is 55.2 Å². The van der Waals surface area contributed by atoms with Crippen molar-refractivity contribution in [2.75, 3.05) is 25.4 Å². The first kappa shape index (κ1) is 13.8. The number of piperidine rings is 1. The Balaban J connectivity index is 1.76. The number of aliphatic carboxylic acids is 1. The van der Waals surface area contributed by atoms with Crippen LogP contribution >= 0.6 is 0 Å². The van der Waals surface area contributed by atoms with Crippen molar-refractivity contribution < 1.29 is 18.3 Å². The molecule has 0 bridgehead atoms. The predicted molar refractivity (Wildman–Crippen MR) is 66.7 cm³/mol. The van der Waals surface area contributed by atoms with E-state index < -0.39 is 21.7 Å². The van der Waals surface area contributed by atoms with Crippen molar-refractivity contribution in [2.45, 2.75) is 31.7 Å². The molecule has 2 N–H and O–H groups in total. The Morgan fingerprint density at radius 2 is 1.83 bits per heavy atom. The van der Waals surface area contributed by atoms with Gasteiger partial charge in [0.15, 0.2) is 5.75 Å². The largest absolute Gasteiger partial charge is 0.480 e. The average Bonchev–Trinajstić information content (AvgIpc) is 3.09. The maximum absolute atomic E-state index is 11.7. The van der Waals surface area contributed by atoms with Crippen molar-refractivity contribution in [2.24, 2.45) is 5.92 Å². The molecule has 6 nitrogen and oxygen atoms in total. The van der Waals surface area contributed by atoms with Gasteiger partial charge in [-0.05, 0) is 38.1 Å². The van der Waals surface area contributed by atoms with Gasteiger partial charge < -0.3 is 10.4 Å². The molecule has 1 saturated carbocycles. The number of sulfonamides is 1. The van der Waals surface area contributed by atoms with Crippen molar-refractivity contribution >= 4 is 16.0 Å². The van der Waals surface area contributed by atoms with Gasteiger partial charge in [-0.3, -0.25) is 4.79 Å². The lowest BCUT2D eigenvalue weighted by Crippen LogP contribution is -2.46. The highest BCUT2D eigenvalue weighted by molar-refractivity contribution is 7.89. The monoisotopic (exact) mass is 276 g/mol. The SMILES string of the molecule is O=C(O)CS(=O)(=O)N1CCC(NCC2CC2)CC1. The summed E-state index contributed by atoms with van der Waals surface area (Å²) in [7, 11) is -3.62. The molecule has 1 heterocycles. The van der Waals surface area contributed by atoms with E-state index in [0.717, 1.165) is 25.3 Å². The third-order valence-corrected chi connectivity index (χ3v) is 5.31. The summed E-state index contributed by atoms with van der Waals surface area (Å²) in [6.07, 6.45) is 4.15. The highest BCUT2D eigenvalue weighted by atomic mass is 32.2. The molecule has 7 heteroatoms. The van der Waals surface area contributed by atoms with Gasteiger partial charge in [-0.15, -0.1) is 0 Å². The van der Waals surface area contributed by atoms with Crippen LogP contribution in [0.15, 0.2) is 0 Å². The predicted octanol–water partition coefficient (Wildman–Crippen LogP) is -0.135. The molecule has 104 valence electrons. The van der Waals surface area contributed by atoms with E-state index >= 15 is 0 Å². The highest BCUT2D eigenvalue weighted by Crippen LogP contribution is 2.28. The number of carbonyl (C=O) groups is 1. The molecular formula is C11H20N2O4S. The second kappa shape index (κ2) is 5.54. The van der Waals surface area contributed by atoms with Gasteiger partial charge in [-0.2, -0.15) is 0 Å². The minimum atomic E-state index is -3.62. The molecule has 0 amide bonds. The van der Waals surface area contributed by atoms with E-state index in [2.05, 4.69) is 5.32 Å². The molecule has 18 heavy (non-hydrogen) atoms. The average molecular weight is 276 g/mol. The normalized spacial score (nSPS) is 23.1. The van der Waals surface area contributed by atoms with Gasteiger partial charge in [0.2, 0.25) is 10.0 Å². The summed E-state index contributed by atoms with van der Waals surface area (Å²) in [5.41, 5.74) is 0. The fourth-order valence-corrected chi connectivity index (χ4v) is 3.50. The molecule has 2 aliphatic rings. The van der Waals surface area contributed by atoms with Crippen molar-refractivity contribution in [3.8, 4) is 0 Å². The van der Waals surface area contributed by atoms with Crippen LogP contribution in [0.3, 0.4) is 0 Å². The summed E-state index contributed by atoms with van der Waals surface area (Å²) in [5.74, 6) is -1.27. The summed E-state index contributed by atoms with van der Waals surface area (Å²) >= 11 is 0. The first-order chi connectivity index (χ1) is 8.47. The van der Waals surface area contributed by atoms with Gasteiger partial charge in [0.1, 0.15) is 0 Å². The molecule has 0 aromatic rings. The lowest BCUT2D eigenvalue weighted by atomic mass is 10.1. The fourth-order valence-electron chi connectivity index (χ4n) is 2.24. The zero-order chi connectivity index (χ0) is 13.2. The number of carboxylic acids is 1. The van der Waals surface area contributed by atoms with Crippen LogP contribution in [0.5, 0.6) is 0 Å². The molecule has 0 unspecified atom stereocenters. The first-order valence-electron chi connectivity index (χ1n) is 6.40. The molecule has 1 saturated heterocycles. The summed E-state index contributed by atoms with van der Waals surface area (Å²) in [5, 5.41) is 12.0. The Bertz CT molecular complexity index is 397. The van der Waals surface area contributed by atoms with Crippen LogP contribution < -0.4 is 5.32 Å². The highest BCUT2D eigenvalue weighted by Gasteiger charge is 2.30. The molecule has 1 aliphatic carbocycles. The quantitative estimate of drug-likeness (QED) is 0.705. The molecule has 0 aromatic heterocycles. The fraction of sp³-hybridized carbons (Fsp3) is 0.909. The lowest BCUT2D eigenvalue weighted by Gasteiger charge is -2.31. The Labute approximate surface area is 107 Å². The van der Waals surface area contributed by atoms with Crippen LogP contribution in [-0.2, 0) is 14.8 Å². The number of hydrogen-bond donors (Lipinski definition) is 2. The number of rotatable bonds is 6. The lowest BCUT2D eigenvalue weighted by molar-refractivity contribution is -0.134. The van der Waals surface area contributed by atoms with E-state index in [4.69, 9.17) is 5.11 Å². The van der Waals surface area contributed by atoms with Gasteiger partial charge in [-0.25, -0.2) is 12.7 Å². The van der Waals surface area contributed by atoms with Crippen molar-refractivity contribution in [1.82, 2.24) is 9.62 Å². The van der Waals surface area contributed by atoms with E-state index in [-0.39, 0.29) is 0 Å². The maximum atomic E-state index is 11.7. The number of nitrogens with zero attached hydrogens (tertiary/aromatic N) is 1. The van der Waals surface area contributed by atoms with Crippen LogP contribution in [0.1, 0.15) is 25.7 Å². The summed E-state index contributed by atoms with van der Waals surface area (Å²) in [6, 6.07) is 0.377. The van der Waals surface area contributed by atoms with Crippen LogP contribution in [0.2, 0.25) is 0 Å². The van der Waals surface area contributed by atoms with Crippen LogP contribution in [0, 0.1) is 5.92 Å². The van der Waals surface area contributed by atoms with Crippen molar-refractivity contribution in [3.05, 3.63) is 0 Å². The van der Waals surface area contributed by atoms with Gasteiger partial charge in [0.05, 0.1) is 0 Å². The Hall–Kier alpha value is -0.660. The molecule has 0 atom stereocenters. The van der Waals surface area contributed by atoms with E-state index in [1.807, 2.05) is 0 Å². The molecule has 0 radical (unpaired) electrons. The summed E-state index contributed by atoms with van der Waals surface area (Å²) in [4.78, 5) is 10.5. The molecule has 0 spiro atoms. The zero-order valence-corrected chi connectivity index (χ0v) is 11.2. The molecule has 2 rings (SSSR count). The molecule has 1 aliphatic heterocycles. The second-order valence-electron chi connectivity index (χ2n) is 5.17. The summed E-state index contributed by atoms with van der Waals surface area (Å²) in [6.45, 7) is 1.89. The van der Waals surface area contributed by atoms with Gasteiger partial charge in [0, 0.05) is 19.1 Å². The van der Waals surface area contributed by atoms with Crippen LogP contribution in [0.4, 0.5) is 0 Å². The molecule has 2 fully saturated rings. The standard InChI is InChI=1S/C11H20N2O4S/c14-11(15)8-18(16,17)13-5-3-10(4-6-13)12-7-9-1-2-9/h9-10,12H,1-8H2,(H,14,15). The van der Waals surface area contributed by atoms with Gasteiger partial charge >= 0.3 is 5.97 Å². The minimum Gasteiger partial charge on any atom is -0.480 e. The van der Waals surface area contributed by atoms with E-state index in [9.17, 15) is 13.2 Å². The third-order valence-electron chi connectivity index (χ3n) is 3.55. The van der Waals surface area contributed by atoms with Crippen molar-refractivity contribution in [3.63, 3.8) is 0 Å².